The van der Waals surface area contributed by atoms with Crippen molar-refractivity contribution in [3.63, 3.8) is 0 Å². The number of halogens is 1. The summed E-state index contributed by atoms with van der Waals surface area (Å²) in [5.74, 6) is -0.537. The van der Waals surface area contributed by atoms with Crippen molar-refractivity contribution in [2.75, 3.05) is 5.32 Å². The Morgan fingerprint density at radius 1 is 1.06 bits per heavy atom. The third-order valence-electron chi connectivity index (χ3n) is 5.07. The van der Waals surface area contributed by atoms with E-state index in [9.17, 15) is 14.7 Å². The number of carbonyl (C=O) groups is 2. The molecule has 2 atom stereocenters. The summed E-state index contributed by atoms with van der Waals surface area (Å²) in [4.78, 5) is 23.8. The van der Waals surface area contributed by atoms with Crippen molar-refractivity contribution in [1.29, 1.82) is 0 Å². The fourth-order valence-electron chi connectivity index (χ4n) is 3.38. The molecule has 7 nitrogen and oxygen atoms in total. The van der Waals surface area contributed by atoms with E-state index in [4.69, 9.17) is 14.6 Å². The molecule has 3 rings (SSSR count). The van der Waals surface area contributed by atoms with Gasteiger partial charge in [-0.15, -0.1) is 0 Å². The lowest BCUT2D eigenvalue weighted by Crippen LogP contribution is -2.31. The second-order valence-corrected chi connectivity index (χ2v) is 9.05. The van der Waals surface area contributed by atoms with Crippen LogP contribution < -0.4 is 10.1 Å². The topological polar surface area (TPSA) is 105 Å². The predicted molar refractivity (Wildman–Crippen MR) is 142 cm³/mol. The molecule has 0 spiro atoms. The molecule has 0 fully saturated rings. The number of amides is 1. The molecule has 0 aliphatic heterocycles. The van der Waals surface area contributed by atoms with E-state index in [0.717, 1.165) is 15.2 Å². The molecular weight excluding hydrogens is 561 g/mol. The summed E-state index contributed by atoms with van der Waals surface area (Å²) >= 11 is 2.12. The van der Waals surface area contributed by atoms with Crippen molar-refractivity contribution in [2.45, 2.75) is 32.0 Å². The second-order valence-electron chi connectivity index (χ2n) is 7.81. The zero-order valence-electron chi connectivity index (χ0n) is 19.1. The maximum Gasteiger partial charge on any atom is 0.412 e. The van der Waals surface area contributed by atoms with Crippen LogP contribution in [0.25, 0.3) is 0 Å². The number of anilines is 1. The van der Waals surface area contributed by atoms with Crippen LogP contribution in [0.2, 0.25) is 0 Å². The van der Waals surface area contributed by atoms with Crippen LogP contribution >= 0.6 is 22.6 Å². The molecule has 0 aliphatic rings. The van der Waals surface area contributed by atoms with Gasteiger partial charge in [-0.3, -0.25) is 5.32 Å². The Bertz CT molecular complexity index is 1160. The summed E-state index contributed by atoms with van der Waals surface area (Å²) in [6.07, 6.45) is 0.849. The smallest absolute Gasteiger partial charge is 0.412 e. The third-order valence-corrected chi connectivity index (χ3v) is 5.75. The fraction of sp³-hybridized carbons (Fsp3) is 0.185. The molecule has 0 bridgehead atoms. The normalized spacial score (nSPS) is 12.6. The molecule has 0 radical (unpaired) electrons. The number of nitrogens with one attached hydrogen (secondary N) is 1. The molecule has 0 saturated carbocycles. The van der Waals surface area contributed by atoms with E-state index in [0.29, 0.717) is 29.8 Å². The van der Waals surface area contributed by atoms with E-state index in [1.807, 2.05) is 37.3 Å². The number of aryl methyl sites for hydroxylation is 1. The van der Waals surface area contributed by atoms with Gasteiger partial charge in [0.05, 0.1) is 0 Å². The summed E-state index contributed by atoms with van der Waals surface area (Å²) in [6.45, 7) is 1.95. The molecule has 182 valence electrons. The molecule has 3 aromatic rings. The molecule has 3 N–H and O–H groups in total. The van der Waals surface area contributed by atoms with E-state index < -0.39 is 24.3 Å². The maximum absolute atomic E-state index is 12.9. The summed E-state index contributed by atoms with van der Waals surface area (Å²) in [7, 11) is 0. The standard InChI is InChI=1S/C27H26INO6/c1-18-11-14-20(15-12-18)29-27(33)35-26(22-17-19(28)13-16-23(22)30)24(9-5-6-10-25(31)32)34-21-7-3-2-4-8-21/h2-4,6-8,10-17,24,26,30H,5,9H2,1H3,(H,29,33)(H,31,32)/b10-6+/t24-,26-/m1/s1. The van der Waals surface area contributed by atoms with E-state index >= 15 is 0 Å². The molecule has 8 heteroatoms. The fourth-order valence-corrected chi connectivity index (χ4v) is 3.90. The Labute approximate surface area is 217 Å². The summed E-state index contributed by atoms with van der Waals surface area (Å²) < 4.78 is 12.9. The van der Waals surface area contributed by atoms with Crippen LogP contribution in [-0.4, -0.2) is 28.4 Å². The Hall–Kier alpha value is -3.53. The van der Waals surface area contributed by atoms with E-state index in [1.54, 1.807) is 36.4 Å². The number of para-hydroxylation sites is 1. The van der Waals surface area contributed by atoms with Crippen molar-refractivity contribution in [3.05, 3.63) is 99.6 Å². The Kier molecular flexibility index (Phi) is 9.54. The lowest BCUT2D eigenvalue weighted by atomic mass is 9.99. The first kappa shape index (κ1) is 26.1. The van der Waals surface area contributed by atoms with Gasteiger partial charge in [-0.1, -0.05) is 42.0 Å². The SMILES string of the molecule is Cc1ccc(NC(=O)O[C@H](c2cc(I)ccc2O)[C@@H](CC/C=C/C(=O)O)Oc2ccccc2)cc1. The highest BCUT2D eigenvalue weighted by atomic mass is 127. The average molecular weight is 587 g/mol. The highest BCUT2D eigenvalue weighted by Gasteiger charge is 2.31. The summed E-state index contributed by atoms with van der Waals surface area (Å²) in [6, 6.07) is 21.3. The van der Waals surface area contributed by atoms with Crippen molar-refractivity contribution < 1.29 is 29.3 Å². The highest BCUT2D eigenvalue weighted by Crippen LogP contribution is 2.35. The van der Waals surface area contributed by atoms with E-state index in [1.165, 1.54) is 12.1 Å². The molecule has 0 aromatic heterocycles. The summed E-state index contributed by atoms with van der Waals surface area (Å²) in [5.41, 5.74) is 2.01. The average Bonchev–Trinajstić information content (AvgIpc) is 2.83. The number of carboxylic acid groups (broad SMARTS) is 1. The number of aliphatic carboxylic acids is 1. The number of phenolic OH excluding ortho intramolecular Hbond substituents is 1. The number of carbonyl (C=O) groups excluding carboxylic acids is 1. The number of rotatable bonds is 10. The number of aromatic hydroxyl groups is 1. The Morgan fingerprint density at radius 3 is 2.46 bits per heavy atom. The molecule has 0 aliphatic carbocycles. The van der Waals surface area contributed by atoms with Crippen molar-refractivity contribution in [1.82, 2.24) is 0 Å². The summed E-state index contributed by atoms with van der Waals surface area (Å²) in [5, 5.41) is 22.3. The maximum atomic E-state index is 12.9. The first-order chi connectivity index (χ1) is 16.8. The number of carboxylic acids is 1. The first-order valence-corrected chi connectivity index (χ1v) is 12.0. The van der Waals surface area contributed by atoms with Gasteiger partial charge in [0, 0.05) is 20.9 Å². The third kappa shape index (κ3) is 8.32. The molecule has 0 saturated heterocycles. The number of benzene rings is 3. The molecule has 0 heterocycles. The first-order valence-electron chi connectivity index (χ1n) is 11.0. The largest absolute Gasteiger partial charge is 0.508 e. The minimum absolute atomic E-state index is 0.0405. The van der Waals surface area contributed by atoms with Crippen LogP contribution in [0, 0.1) is 10.5 Å². The van der Waals surface area contributed by atoms with Gasteiger partial charge in [0.15, 0.2) is 6.10 Å². The van der Waals surface area contributed by atoms with E-state index in [2.05, 4.69) is 27.9 Å². The highest BCUT2D eigenvalue weighted by molar-refractivity contribution is 14.1. The van der Waals surface area contributed by atoms with Crippen molar-refractivity contribution in [2.24, 2.45) is 0 Å². The lowest BCUT2D eigenvalue weighted by molar-refractivity contribution is -0.131. The second kappa shape index (κ2) is 12.8. The van der Waals surface area contributed by atoms with Crippen LogP contribution in [0.1, 0.15) is 30.1 Å². The van der Waals surface area contributed by atoms with Crippen LogP contribution in [0.4, 0.5) is 10.5 Å². The molecule has 35 heavy (non-hydrogen) atoms. The predicted octanol–water partition coefficient (Wildman–Crippen LogP) is 6.46. The Morgan fingerprint density at radius 2 is 1.77 bits per heavy atom. The van der Waals surface area contributed by atoms with Crippen LogP contribution in [-0.2, 0) is 9.53 Å². The lowest BCUT2D eigenvalue weighted by Gasteiger charge is -2.28. The quantitative estimate of drug-likeness (QED) is 0.186. The van der Waals surface area contributed by atoms with Gasteiger partial charge in [0.1, 0.15) is 17.6 Å². The Balaban J connectivity index is 1.92. The minimum Gasteiger partial charge on any atom is -0.508 e. The van der Waals surface area contributed by atoms with Gasteiger partial charge in [-0.2, -0.15) is 0 Å². The number of hydrogen-bond acceptors (Lipinski definition) is 5. The zero-order chi connectivity index (χ0) is 25.2. The van der Waals surface area contributed by atoms with Crippen LogP contribution in [0.15, 0.2) is 84.9 Å². The molecule has 0 unspecified atom stereocenters. The van der Waals surface area contributed by atoms with Crippen molar-refractivity contribution >= 4 is 40.3 Å². The number of hydrogen-bond donors (Lipinski definition) is 3. The molecular formula is C27H26INO6. The zero-order valence-corrected chi connectivity index (χ0v) is 21.2. The van der Waals surface area contributed by atoms with Crippen molar-refractivity contribution in [3.8, 4) is 11.5 Å². The number of phenols is 1. The molecule has 3 aromatic carbocycles. The monoisotopic (exact) mass is 587 g/mol. The minimum atomic E-state index is -1.05. The van der Waals surface area contributed by atoms with Gasteiger partial charge in [0.2, 0.25) is 0 Å². The van der Waals surface area contributed by atoms with Gasteiger partial charge in [-0.25, -0.2) is 9.59 Å². The molecule has 1 amide bonds. The van der Waals surface area contributed by atoms with E-state index in [-0.39, 0.29) is 5.75 Å². The van der Waals surface area contributed by atoms with Crippen LogP contribution in [0.5, 0.6) is 11.5 Å². The number of allylic oxidation sites excluding steroid dienone is 1. The van der Waals surface area contributed by atoms with Crippen LogP contribution in [0.3, 0.4) is 0 Å². The van der Waals surface area contributed by atoms with Gasteiger partial charge < -0.3 is 19.7 Å². The number of ether oxygens (including phenoxy) is 2. The van der Waals surface area contributed by atoms with Gasteiger partial charge in [-0.05, 0) is 84.8 Å². The van der Waals surface area contributed by atoms with Gasteiger partial charge >= 0.3 is 12.1 Å². The van der Waals surface area contributed by atoms with Gasteiger partial charge in [0.25, 0.3) is 0 Å².